The van der Waals surface area contributed by atoms with Crippen LogP contribution in [0.15, 0.2) is 0 Å². The van der Waals surface area contributed by atoms with E-state index in [1.165, 1.54) is 0 Å². The first kappa shape index (κ1) is 14.5. The van der Waals surface area contributed by atoms with Gasteiger partial charge < -0.3 is 4.90 Å². The molecule has 0 saturated heterocycles. The first-order chi connectivity index (χ1) is 7.06. The Bertz CT molecular complexity index is 171. The van der Waals surface area contributed by atoms with Crippen LogP contribution in [-0.2, 0) is 0 Å². The maximum absolute atomic E-state index is 8.10. The predicted molar refractivity (Wildman–Crippen MR) is 68.5 cm³/mol. The molecule has 0 rings (SSSR count). The summed E-state index contributed by atoms with van der Waals surface area (Å²) in [5.41, 5.74) is 0. The fourth-order valence-corrected chi connectivity index (χ4v) is 1.98. The molecule has 2 nitrogen and oxygen atoms in total. The molecule has 2 heteroatoms. The van der Waals surface area contributed by atoms with Crippen LogP contribution in [0.4, 0.5) is 0 Å². The first-order valence-electron chi connectivity index (χ1n) is 6.40. The van der Waals surface area contributed by atoms with Crippen LogP contribution < -0.4 is 0 Å². The maximum atomic E-state index is 8.10. The van der Waals surface area contributed by atoms with Crippen molar-refractivity contribution in [2.24, 2.45) is 5.92 Å². The third-order valence-corrected chi connectivity index (χ3v) is 2.78. The number of hydrogen-bond donors (Lipinski definition) is 1. The van der Waals surface area contributed by atoms with E-state index in [1.54, 1.807) is 0 Å². The highest BCUT2D eigenvalue weighted by atomic mass is 15.2. The fourth-order valence-electron chi connectivity index (χ4n) is 1.98. The third-order valence-electron chi connectivity index (χ3n) is 2.78. The molecule has 0 aromatic carbocycles. The van der Waals surface area contributed by atoms with Crippen molar-refractivity contribution in [1.82, 2.24) is 4.90 Å². The van der Waals surface area contributed by atoms with Crippen molar-refractivity contribution in [1.29, 1.82) is 5.41 Å². The summed E-state index contributed by atoms with van der Waals surface area (Å²) in [7, 11) is 0. The molecule has 0 aliphatic heterocycles. The summed E-state index contributed by atoms with van der Waals surface area (Å²) in [5.74, 6) is 1.47. The van der Waals surface area contributed by atoms with Gasteiger partial charge in [-0.15, -0.1) is 0 Å². The quantitative estimate of drug-likeness (QED) is 0.503. The van der Waals surface area contributed by atoms with E-state index in [0.717, 1.165) is 38.1 Å². The number of nitrogens with zero attached hydrogens (tertiary/aromatic N) is 1. The number of rotatable bonds is 7. The Hall–Kier alpha value is -0.530. The maximum Gasteiger partial charge on any atom is 0.0960 e. The molecular formula is C13H28N2. The molecule has 0 saturated carbocycles. The zero-order valence-electron chi connectivity index (χ0n) is 11.1. The minimum Gasteiger partial charge on any atom is -0.357 e. The molecule has 0 bridgehead atoms. The molecule has 0 spiro atoms. The molecule has 0 aromatic heterocycles. The minimum atomic E-state index is 0.562. The zero-order valence-corrected chi connectivity index (χ0v) is 11.1. The van der Waals surface area contributed by atoms with Crippen molar-refractivity contribution in [2.45, 2.75) is 66.3 Å². The summed E-state index contributed by atoms with van der Waals surface area (Å²) in [4.78, 5) is 2.31. The van der Waals surface area contributed by atoms with Crippen LogP contribution in [0.25, 0.3) is 0 Å². The van der Waals surface area contributed by atoms with Crippen molar-refractivity contribution in [2.75, 3.05) is 6.54 Å². The normalized spacial score (nSPS) is 11.1. The molecule has 0 radical (unpaired) electrons. The molecule has 0 amide bonds. The number of hydrogen-bond acceptors (Lipinski definition) is 1. The van der Waals surface area contributed by atoms with Crippen LogP contribution in [0.2, 0.25) is 0 Å². The van der Waals surface area contributed by atoms with Gasteiger partial charge in [-0.25, -0.2) is 0 Å². The number of amidine groups is 1. The van der Waals surface area contributed by atoms with Gasteiger partial charge in [-0.3, -0.25) is 5.41 Å². The lowest BCUT2D eigenvalue weighted by Gasteiger charge is -2.34. The average Bonchev–Trinajstić information content (AvgIpc) is 2.18. The molecular weight excluding hydrogens is 184 g/mol. The van der Waals surface area contributed by atoms with E-state index in [0.29, 0.717) is 12.0 Å². The van der Waals surface area contributed by atoms with Gasteiger partial charge >= 0.3 is 0 Å². The summed E-state index contributed by atoms with van der Waals surface area (Å²) in [6, 6.07) is 0.562. The zero-order chi connectivity index (χ0) is 11.8. The van der Waals surface area contributed by atoms with Crippen molar-refractivity contribution in [3.05, 3.63) is 0 Å². The lowest BCUT2D eigenvalue weighted by atomic mass is 10.1. The second kappa shape index (κ2) is 7.72. The summed E-state index contributed by atoms with van der Waals surface area (Å²) in [6.07, 6.45) is 4.29. The monoisotopic (exact) mass is 212 g/mol. The molecule has 15 heavy (non-hydrogen) atoms. The molecule has 90 valence electrons. The van der Waals surface area contributed by atoms with Gasteiger partial charge in [-0.2, -0.15) is 0 Å². The van der Waals surface area contributed by atoms with Gasteiger partial charge in [-0.1, -0.05) is 34.6 Å². The second-order valence-electron chi connectivity index (χ2n) is 4.71. The Morgan fingerprint density at radius 3 is 2.00 bits per heavy atom. The average molecular weight is 212 g/mol. The van der Waals surface area contributed by atoms with E-state index < -0.39 is 0 Å². The van der Waals surface area contributed by atoms with E-state index in [9.17, 15) is 0 Å². The van der Waals surface area contributed by atoms with Crippen molar-refractivity contribution >= 4 is 5.84 Å². The van der Waals surface area contributed by atoms with Gasteiger partial charge in [0.15, 0.2) is 0 Å². The highest BCUT2D eigenvalue weighted by molar-refractivity contribution is 5.79. The van der Waals surface area contributed by atoms with Gasteiger partial charge in [0.25, 0.3) is 0 Å². The van der Waals surface area contributed by atoms with Gasteiger partial charge in [0.2, 0.25) is 0 Å². The molecule has 0 aliphatic carbocycles. The summed E-state index contributed by atoms with van der Waals surface area (Å²) < 4.78 is 0. The van der Waals surface area contributed by atoms with Crippen molar-refractivity contribution in [3.63, 3.8) is 0 Å². The van der Waals surface area contributed by atoms with Crippen molar-refractivity contribution in [3.8, 4) is 0 Å². The molecule has 1 N–H and O–H groups in total. The Labute approximate surface area is 95.6 Å². The van der Waals surface area contributed by atoms with Crippen LogP contribution in [-0.4, -0.2) is 23.3 Å². The lowest BCUT2D eigenvalue weighted by molar-refractivity contribution is 0.260. The topological polar surface area (TPSA) is 27.1 Å². The second-order valence-corrected chi connectivity index (χ2v) is 4.71. The summed E-state index contributed by atoms with van der Waals surface area (Å²) in [5, 5.41) is 8.10. The van der Waals surface area contributed by atoms with E-state index >= 15 is 0 Å². The Balaban J connectivity index is 4.47. The van der Waals surface area contributed by atoms with Gasteiger partial charge in [-0.05, 0) is 25.2 Å². The Morgan fingerprint density at radius 2 is 1.67 bits per heavy atom. The van der Waals surface area contributed by atoms with Crippen LogP contribution >= 0.6 is 0 Å². The first-order valence-corrected chi connectivity index (χ1v) is 6.40. The van der Waals surface area contributed by atoms with Gasteiger partial charge in [0, 0.05) is 19.0 Å². The smallest absolute Gasteiger partial charge is 0.0960 e. The third kappa shape index (κ3) is 5.19. The highest BCUT2D eigenvalue weighted by Gasteiger charge is 2.18. The fraction of sp³-hybridized carbons (Fsp3) is 0.923. The minimum absolute atomic E-state index is 0.562. The van der Waals surface area contributed by atoms with E-state index in [2.05, 4.69) is 39.5 Å². The lowest BCUT2D eigenvalue weighted by Crippen LogP contribution is -2.41. The molecule has 0 aliphatic rings. The van der Waals surface area contributed by atoms with Gasteiger partial charge in [0.1, 0.15) is 0 Å². The largest absolute Gasteiger partial charge is 0.357 e. The number of nitrogens with one attached hydrogen (secondary N) is 1. The molecule has 0 fully saturated rings. The molecule has 0 atom stereocenters. The molecule has 0 unspecified atom stereocenters. The van der Waals surface area contributed by atoms with Crippen molar-refractivity contribution < 1.29 is 0 Å². The highest BCUT2D eigenvalue weighted by Crippen LogP contribution is 2.13. The molecule has 0 aromatic rings. The van der Waals surface area contributed by atoms with Crippen LogP contribution in [0.5, 0.6) is 0 Å². The molecule has 0 heterocycles. The summed E-state index contributed by atoms with van der Waals surface area (Å²) in [6.45, 7) is 12.1. The van der Waals surface area contributed by atoms with E-state index in [1.807, 2.05) is 0 Å². The SMILES string of the molecule is CCCC(=N)N(CC(C)C)C(CC)CC. The van der Waals surface area contributed by atoms with E-state index in [4.69, 9.17) is 5.41 Å². The van der Waals surface area contributed by atoms with Crippen LogP contribution in [0.1, 0.15) is 60.3 Å². The Morgan fingerprint density at radius 1 is 1.13 bits per heavy atom. The van der Waals surface area contributed by atoms with Crippen LogP contribution in [0, 0.1) is 11.3 Å². The van der Waals surface area contributed by atoms with Crippen LogP contribution in [0.3, 0.4) is 0 Å². The standard InChI is InChI=1S/C13H28N2/c1-6-9-13(14)15(10-11(4)5)12(7-2)8-3/h11-12,14H,6-10H2,1-5H3. The van der Waals surface area contributed by atoms with Gasteiger partial charge in [0.05, 0.1) is 5.84 Å². The predicted octanol–water partition coefficient (Wildman–Crippen LogP) is 3.91. The Kier molecular flexibility index (Phi) is 7.45. The van der Waals surface area contributed by atoms with E-state index in [-0.39, 0.29) is 0 Å². The summed E-state index contributed by atoms with van der Waals surface area (Å²) >= 11 is 0.